The summed E-state index contributed by atoms with van der Waals surface area (Å²) in [6.07, 6.45) is 0.0150. The Morgan fingerprint density at radius 1 is 1.47 bits per heavy atom. The van der Waals surface area contributed by atoms with Crippen molar-refractivity contribution in [3.8, 4) is 0 Å². The molecule has 1 unspecified atom stereocenters. The van der Waals surface area contributed by atoms with Gasteiger partial charge in [-0.3, -0.25) is 0 Å². The molecule has 0 aliphatic carbocycles. The van der Waals surface area contributed by atoms with Crippen LogP contribution in [0.15, 0.2) is 24.3 Å². The molecule has 0 heterocycles. The number of esters is 1. The minimum atomic E-state index is -0.304. The maximum atomic E-state index is 11.5. The van der Waals surface area contributed by atoms with E-state index in [2.05, 4.69) is 0 Å². The fourth-order valence-corrected chi connectivity index (χ4v) is 1.31. The van der Waals surface area contributed by atoms with Crippen LogP contribution in [-0.4, -0.2) is 25.2 Å². The van der Waals surface area contributed by atoms with Crippen LogP contribution in [0.5, 0.6) is 0 Å². The van der Waals surface area contributed by atoms with Gasteiger partial charge in [0.15, 0.2) is 0 Å². The number of hydrogen-bond donors (Lipinski definition) is 1. The second-order valence-corrected chi connectivity index (χ2v) is 3.78. The van der Waals surface area contributed by atoms with Crippen molar-refractivity contribution in [3.63, 3.8) is 0 Å². The molecule has 94 valence electrons. The van der Waals surface area contributed by atoms with E-state index in [1.165, 1.54) is 0 Å². The highest BCUT2D eigenvalue weighted by Gasteiger charge is 2.07. The molecule has 1 atom stereocenters. The summed E-state index contributed by atoms with van der Waals surface area (Å²) in [5, 5.41) is 0. The van der Waals surface area contributed by atoms with Crippen molar-refractivity contribution >= 4 is 5.97 Å². The summed E-state index contributed by atoms with van der Waals surface area (Å²) in [4.78, 5) is 11.5. The highest BCUT2D eigenvalue weighted by atomic mass is 16.5. The van der Waals surface area contributed by atoms with Crippen LogP contribution in [0.25, 0.3) is 0 Å². The molecule has 4 heteroatoms. The standard InChI is InChI=1S/C13H19NO3/c1-3-16-13(15)12-6-4-5-11(7-12)9-17-10(2)8-14/h4-7,10H,3,8-9,14H2,1-2H3. The van der Waals surface area contributed by atoms with Crippen LogP contribution in [0.1, 0.15) is 29.8 Å². The molecule has 0 spiro atoms. The van der Waals surface area contributed by atoms with Gasteiger partial charge in [-0.25, -0.2) is 4.79 Å². The first kappa shape index (κ1) is 13.7. The van der Waals surface area contributed by atoms with Crippen molar-refractivity contribution in [1.29, 1.82) is 0 Å². The van der Waals surface area contributed by atoms with Crippen molar-refractivity contribution < 1.29 is 14.3 Å². The molecule has 0 aliphatic heterocycles. The zero-order valence-corrected chi connectivity index (χ0v) is 10.3. The zero-order chi connectivity index (χ0) is 12.7. The van der Waals surface area contributed by atoms with Crippen LogP contribution in [0, 0.1) is 0 Å². The van der Waals surface area contributed by atoms with E-state index >= 15 is 0 Å². The maximum absolute atomic E-state index is 11.5. The molecule has 0 aliphatic rings. The summed E-state index contributed by atoms with van der Waals surface area (Å²) in [5.41, 5.74) is 6.94. The molecule has 0 radical (unpaired) electrons. The number of benzene rings is 1. The number of ether oxygens (including phenoxy) is 2. The van der Waals surface area contributed by atoms with Gasteiger partial charge in [-0.05, 0) is 31.5 Å². The van der Waals surface area contributed by atoms with Gasteiger partial charge in [0.05, 0.1) is 24.9 Å². The van der Waals surface area contributed by atoms with Crippen LogP contribution in [0.4, 0.5) is 0 Å². The number of nitrogens with two attached hydrogens (primary N) is 1. The van der Waals surface area contributed by atoms with E-state index in [9.17, 15) is 4.79 Å². The van der Waals surface area contributed by atoms with Crippen LogP contribution >= 0.6 is 0 Å². The third-order valence-corrected chi connectivity index (χ3v) is 2.30. The number of carbonyl (C=O) groups is 1. The Bertz CT molecular complexity index is 365. The lowest BCUT2D eigenvalue weighted by Crippen LogP contribution is -2.19. The Morgan fingerprint density at radius 2 is 2.24 bits per heavy atom. The van der Waals surface area contributed by atoms with E-state index in [1.807, 2.05) is 19.1 Å². The second-order valence-electron chi connectivity index (χ2n) is 3.78. The van der Waals surface area contributed by atoms with Crippen LogP contribution in [-0.2, 0) is 16.1 Å². The topological polar surface area (TPSA) is 61.5 Å². The summed E-state index contributed by atoms with van der Waals surface area (Å²) in [5.74, 6) is -0.304. The van der Waals surface area contributed by atoms with E-state index < -0.39 is 0 Å². The Labute approximate surface area is 102 Å². The number of rotatable bonds is 6. The normalized spacial score (nSPS) is 12.2. The summed E-state index contributed by atoms with van der Waals surface area (Å²) < 4.78 is 10.4. The molecule has 0 bridgehead atoms. The van der Waals surface area contributed by atoms with Gasteiger partial charge < -0.3 is 15.2 Å². The van der Waals surface area contributed by atoms with E-state index in [0.29, 0.717) is 25.3 Å². The van der Waals surface area contributed by atoms with Gasteiger partial charge in [0.1, 0.15) is 0 Å². The predicted molar refractivity (Wildman–Crippen MR) is 65.7 cm³/mol. The smallest absolute Gasteiger partial charge is 0.338 e. The molecular formula is C13H19NO3. The Hall–Kier alpha value is -1.39. The molecule has 0 aromatic heterocycles. The van der Waals surface area contributed by atoms with Gasteiger partial charge >= 0.3 is 5.97 Å². The minimum Gasteiger partial charge on any atom is -0.462 e. The molecule has 1 rings (SSSR count). The molecule has 0 saturated heterocycles. The summed E-state index contributed by atoms with van der Waals surface area (Å²) in [6.45, 7) is 5.01. The first-order valence-corrected chi connectivity index (χ1v) is 5.75. The lowest BCUT2D eigenvalue weighted by molar-refractivity contribution is 0.0523. The molecule has 2 N–H and O–H groups in total. The highest BCUT2D eigenvalue weighted by molar-refractivity contribution is 5.89. The van der Waals surface area contributed by atoms with Gasteiger partial charge in [-0.2, -0.15) is 0 Å². The van der Waals surface area contributed by atoms with Gasteiger partial charge in [-0.1, -0.05) is 12.1 Å². The Kier molecular flexibility index (Phi) is 5.66. The van der Waals surface area contributed by atoms with Gasteiger partial charge in [-0.15, -0.1) is 0 Å². The lowest BCUT2D eigenvalue weighted by Gasteiger charge is -2.11. The maximum Gasteiger partial charge on any atom is 0.338 e. The molecule has 1 aromatic rings. The molecule has 0 amide bonds. The molecule has 0 fully saturated rings. The minimum absolute atomic E-state index is 0.0150. The summed E-state index contributed by atoms with van der Waals surface area (Å²) in [6, 6.07) is 7.24. The molecule has 17 heavy (non-hydrogen) atoms. The van der Waals surface area contributed by atoms with Gasteiger partial charge in [0.25, 0.3) is 0 Å². The number of carbonyl (C=O) groups excluding carboxylic acids is 1. The van der Waals surface area contributed by atoms with Crippen LogP contribution in [0.3, 0.4) is 0 Å². The van der Waals surface area contributed by atoms with E-state index in [0.717, 1.165) is 5.56 Å². The fraction of sp³-hybridized carbons (Fsp3) is 0.462. The molecule has 4 nitrogen and oxygen atoms in total. The van der Waals surface area contributed by atoms with Crippen LogP contribution < -0.4 is 5.73 Å². The van der Waals surface area contributed by atoms with Gasteiger partial charge in [0, 0.05) is 6.54 Å². The summed E-state index contributed by atoms with van der Waals surface area (Å²) in [7, 11) is 0. The Morgan fingerprint density at radius 3 is 2.88 bits per heavy atom. The first-order chi connectivity index (χ1) is 8.17. The molecular weight excluding hydrogens is 218 g/mol. The molecule has 0 saturated carbocycles. The SMILES string of the molecule is CCOC(=O)c1cccc(COC(C)CN)c1. The molecule has 1 aromatic carbocycles. The summed E-state index contributed by atoms with van der Waals surface area (Å²) >= 11 is 0. The van der Waals surface area contributed by atoms with E-state index in [1.54, 1.807) is 19.1 Å². The van der Waals surface area contributed by atoms with Gasteiger partial charge in [0.2, 0.25) is 0 Å². The second kappa shape index (κ2) is 7.04. The largest absolute Gasteiger partial charge is 0.462 e. The third kappa shape index (κ3) is 4.54. The fourth-order valence-electron chi connectivity index (χ4n) is 1.31. The van der Waals surface area contributed by atoms with Crippen molar-refractivity contribution in [2.75, 3.05) is 13.2 Å². The van der Waals surface area contributed by atoms with E-state index in [4.69, 9.17) is 15.2 Å². The van der Waals surface area contributed by atoms with Crippen molar-refractivity contribution in [3.05, 3.63) is 35.4 Å². The number of hydrogen-bond acceptors (Lipinski definition) is 4. The lowest BCUT2D eigenvalue weighted by atomic mass is 10.1. The Balaban J connectivity index is 2.62. The zero-order valence-electron chi connectivity index (χ0n) is 10.3. The third-order valence-electron chi connectivity index (χ3n) is 2.30. The monoisotopic (exact) mass is 237 g/mol. The highest BCUT2D eigenvalue weighted by Crippen LogP contribution is 2.09. The average molecular weight is 237 g/mol. The average Bonchev–Trinajstić information content (AvgIpc) is 2.36. The predicted octanol–water partition coefficient (Wildman–Crippen LogP) is 1.73. The van der Waals surface area contributed by atoms with Crippen molar-refractivity contribution in [1.82, 2.24) is 0 Å². The first-order valence-electron chi connectivity index (χ1n) is 5.75. The quantitative estimate of drug-likeness (QED) is 0.765. The van der Waals surface area contributed by atoms with Crippen LogP contribution in [0.2, 0.25) is 0 Å². The van der Waals surface area contributed by atoms with Crippen molar-refractivity contribution in [2.45, 2.75) is 26.6 Å². The van der Waals surface area contributed by atoms with Crippen molar-refractivity contribution in [2.24, 2.45) is 5.73 Å². The van der Waals surface area contributed by atoms with E-state index in [-0.39, 0.29) is 12.1 Å².